The Hall–Kier alpha value is -1.95. The fourth-order valence-electron chi connectivity index (χ4n) is 3.27. The van der Waals surface area contributed by atoms with E-state index in [1.54, 1.807) is 6.20 Å². The van der Waals surface area contributed by atoms with Gasteiger partial charge in [-0.25, -0.2) is 4.98 Å². The van der Waals surface area contributed by atoms with E-state index in [-0.39, 0.29) is 5.91 Å². The van der Waals surface area contributed by atoms with E-state index >= 15 is 0 Å². The molecule has 0 aliphatic carbocycles. The number of hydrogen-bond donors (Lipinski definition) is 1. The van der Waals surface area contributed by atoms with Crippen molar-refractivity contribution in [3.63, 3.8) is 0 Å². The minimum absolute atomic E-state index is 0.0643. The van der Waals surface area contributed by atoms with E-state index in [2.05, 4.69) is 15.5 Å². The molecule has 2 fully saturated rings. The largest absolute Gasteiger partial charge is 0.338 e. The van der Waals surface area contributed by atoms with Gasteiger partial charge in [-0.15, -0.1) is 0 Å². The van der Waals surface area contributed by atoms with Gasteiger partial charge in [0.05, 0.1) is 16.6 Å². The molecule has 104 valence electrons. The molecule has 2 aliphatic rings. The zero-order valence-electron chi connectivity index (χ0n) is 11.3. The van der Waals surface area contributed by atoms with E-state index in [1.165, 1.54) is 0 Å². The predicted octanol–water partition coefficient (Wildman–Crippen LogP) is 0.823. The molecule has 2 atom stereocenters. The van der Waals surface area contributed by atoms with Gasteiger partial charge in [0, 0.05) is 32.4 Å². The van der Waals surface area contributed by atoms with E-state index in [9.17, 15) is 4.79 Å². The standard InChI is InChI=1S/C14H16N4O2/c1-8-12-2-9(5-16-13(12)20-17-8)14(19)18-6-10-3-15-4-11(10)7-18/h2,5,10-11,15H,3-4,6-7H2,1H3/t10-,11+. The Labute approximate surface area is 116 Å². The lowest BCUT2D eigenvalue weighted by molar-refractivity contribution is 0.0781. The SMILES string of the molecule is Cc1noc2ncc(C(=O)N3C[C@H]4CNC[C@H]4C3)cc12. The summed E-state index contributed by atoms with van der Waals surface area (Å²) in [6.07, 6.45) is 1.58. The van der Waals surface area contributed by atoms with Crippen LogP contribution in [0.1, 0.15) is 16.1 Å². The van der Waals surface area contributed by atoms with Gasteiger partial charge in [-0.05, 0) is 24.8 Å². The Bertz CT molecular complexity index is 669. The van der Waals surface area contributed by atoms with Gasteiger partial charge in [0.15, 0.2) is 0 Å². The summed E-state index contributed by atoms with van der Waals surface area (Å²) in [5.41, 5.74) is 1.88. The van der Waals surface area contributed by atoms with Gasteiger partial charge in [0.25, 0.3) is 11.6 Å². The summed E-state index contributed by atoms with van der Waals surface area (Å²) in [5, 5.41) is 8.07. The smallest absolute Gasteiger partial charge is 0.257 e. The lowest BCUT2D eigenvalue weighted by atomic mass is 10.0. The minimum Gasteiger partial charge on any atom is -0.338 e. The number of nitrogens with one attached hydrogen (secondary N) is 1. The Kier molecular flexibility index (Phi) is 2.53. The molecular formula is C14H16N4O2. The van der Waals surface area contributed by atoms with E-state index in [0.29, 0.717) is 23.1 Å². The topological polar surface area (TPSA) is 71.3 Å². The molecule has 2 saturated heterocycles. The highest BCUT2D eigenvalue weighted by Crippen LogP contribution is 2.28. The van der Waals surface area contributed by atoms with Crippen molar-refractivity contribution in [2.45, 2.75) is 6.92 Å². The monoisotopic (exact) mass is 272 g/mol. The van der Waals surface area contributed by atoms with Gasteiger partial charge >= 0.3 is 0 Å². The number of nitrogens with zero attached hydrogens (tertiary/aromatic N) is 3. The van der Waals surface area contributed by atoms with Crippen molar-refractivity contribution >= 4 is 17.0 Å². The molecule has 2 aliphatic heterocycles. The molecule has 4 heterocycles. The van der Waals surface area contributed by atoms with Crippen LogP contribution in [0.4, 0.5) is 0 Å². The molecule has 0 unspecified atom stereocenters. The van der Waals surface area contributed by atoms with Crippen LogP contribution in [0, 0.1) is 18.8 Å². The Morgan fingerprint density at radius 2 is 2.15 bits per heavy atom. The highest BCUT2D eigenvalue weighted by Gasteiger charge is 2.38. The summed E-state index contributed by atoms with van der Waals surface area (Å²) in [5.74, 6) is 1.27. The quantitative estimate of drug-likeness (QED) is 0.832. The number of carbonyl (C=O) groups is 1. The third-order valence-corrected chi connectivity index (χ3v) is 4.43. The van der Waals surface area contributed by atoms with E-state index < -0.39 is 0 Å². The summed E-state index contributed by atoms with van der Waals surface area (Å²) in [4.78, 5) is 18.7. The van der Waals surface area contributed by atoms with Crippen LogP contribution >= 0.6 is 0 Å². The van der Waals surface area contributed by atoms with Crippen molar-refractivity contribution in [3.05, 3.63) is 23.5 Å². The number of hydrogen-bond acceptors (Lipinski definition) is 5. The van der Waals surface area contributed by atoms with Crippen LogP contribution in [-0.2, 0) is 0 Å². The van der Waals surface area contributed by atoms with Crippen molar-refractivity contribution in [1.82, 2.24) is 20.4 Å². The van der Waals surface area contributed by atoms with Crippen molar-refractivity contribution in [3.8, 4) is 0 Å². The van der Waals surface area contributed by atoms with Crippen molar-refractivity contribution in [1.29, 1.82) is 0 Å². The van der Waals surface area contributed by atoms with Gasteiger partial charge in [-0.1, -0.05) is 5.16 Å². The Morgan fingerprint density at radius 3 is 2.90 bits per heavy atom. The minimum atomic E-state index is 0.0643. The molecule has 6 nitrogen and oxygen atoms in total. The second kappa shape index (κ2) is 4.28. The highest BCUT2D eigenvalue weighted by atomic mass is 16.5. The number of aryl methyl sites for hydroxylation is 1. The number of carbonyl (C=O) groups excluding carboxylic acids is 1. The lowest BCUT2D eigenvalue weighted by Gasteiger charge is -2.17. The summed E-state index contributed by atoms with van der Waals surface area (Å²) in [7, 11) is 0. The zero-order chi connectivity index (χ0) is 13.7. The van der Waals surface area contributed by atoms with Crippen molar-refractivity contribution in [2.24, 2.45) is 11.8 Å². The van der Waals surface area contributed by atoms with Crippen LogP contribution in [0.3, 0.4) is 0 Å². The predicted molar refractivity (Wildman–Crippen MR) is 72.3 cm³/mol. The first-order chi connectivity index (χ1) is 9.72. The van der Waals surface area contributed by atoms with Crippen molar-refractivity contribution in [2.75, 3.05) is 26.2 Å². The second-order valence-corrected chi connectivity index (χ2v) is 5.73. The van der Waals surface area contributed by atoms with Gasteiger partial charge in [-0.2, -0.15) is 0 Å². The van der Waals surface area contributed by atoms with Crippen LogP contribution in [0.5, 0.6) is 0 Å². The van der Waals surface area contributed by atoms with Gasteiger partial charge in [0.2, 0.25) is 0 Å². The highest BCUT2D eigenvalue weighted by molar-refractivity contribution is 5.97. The first kappa shape index (κ1) is 11.8. The molecular weight excluding hydrogens is 256 g/mol. The van der Waals surface area contributed by atoms with E-state index in [4.69, 9.17) is 4.52 Å². The normalized spacial score (nSPS) is 25.4. The van der Waals surface area contributed by atoms with Gasteiger partial charge in [0.1, 0.15) is 0 Å². The fourth-order valence-corrected chi connectivity index (χ4v) is 3.27. The molecule has 1 amide bonds. The first-order valence-electron chi connectivity index (χ1n) is 6.94. The maximum Gasteiger partial charge on any atom is 0.257 e. The number of likely N-dealkylation sites (tertiary alicyclic amines) is 1. The molecule has 0 saturated carbocycles. The number of amides is 1. The second-order valence-electron chi connectivity index (χ2n) is 5.73. The van der Waals surface area contributed by atoms with Crippen LogP contribution in [0.2, 0.25) is 0 Å². The van der Waals surface area contributed by atoms with Crippen molar-refractivity contribution < 1.29 is 9.32 Å². The maximum absolute atomic E-state index is 12.6. The van der Waals surface area contributed by atoms with Gasteiger partial charge in [-0.3, -0.25) is 4.79 Å². The molecule has 4 rings (SSSR count). The van der Waals surface area contributed by atoms with E-state index in [0.717, 1.165) is 37.3 Å². The van der Waals surface area contributed by atoms with Crippen LogP contribution < -0.4 is 5.32 Å². The Morgan fingerprint density at radius 1 is 1.40 bits per heavy atom. The molecule has 2 aromatic heterocycles. The third kappa shape index (κ3) is 1.71. The molecule has 0 aromatic carbocycles. The number of fused-ring (bicyclic) bond motifs is 2. The summed E-state index contributed by atoms with van der Waals surface area (Å²) in [6.45, 7) is 5.59. The average Bonchev–Trinajstić information content (AvgIpc) is 3.12. The average molecular weight is 272 g/mol. The fraction of sp³-hybridized carbons (Fsp3) is 0.500. The van der Waals surface area contributed by atoms with Crippen LogP contribution in [-0.4, -0.2) is 47.1 Å². The maximum atomic E-state index is 12.6. The molecule has 0 radical (unpaired) electrons. The number of aromatic nitrogens is 2. The van der Waals surface area contributed by atoms with Crippen LogP contribution in [0.25, 0.3) is 11.1 Å². The molecule has 20 heavy (non-hydrogen) atoms. The number of rotatable bonds is 1. The first-order valence-corrected chi connectivity index (χ1v) is 6.94. The molecule has 2 aromatic rings. The summed E-state index contributed by atoms with van der Waals surface area (Å²) < 4.78 is 5.08. The summed E-state index contributed by atoms with van der Waals surface area (Å²) in [6, 6.07) is 1.84. The zero-order valence-corrected chi connectivity index (χ0v) is 11.3. The van der Waals surface area contributed by atoms with Crippen LogP contribution in [0.15, 0.2) is 16.8 Å². The van der Waals surface area contributed by atoms with E-state index in [1.807, 2.05) is 17.9 Å². The molecule has 0 spiro atoms. The molecule has 6 heteroatoms. The Balaban J connectivity index is 1.62. The summed E-state index contributed by atoms with van der Waals surface area (Å²) >= 11 is 0. The molecule has 1 N–H and O–H groups in total. The lowest BCUT2D eigenvalue weighted by Crippen LogP contribution is -2.31. The number of pyridine rings is 1. The molecule has 0 bridgehead atoms. The van der Waals surface area contributed by atoms with Gasteiger partial charge < -0.3 is 14.7 Å². The third-order valence-electron chi connectivity index (χ3n) is 4.43.